The van der Waals surface area contributed by atoms with E-state index in [0.29, 0.717) is 24.2 Å². The van der Waals surface area contributed by atoms with E-state index in [9.17, 15) is 9.59 Å². The van der Waals surface area contributed by atoms with E-state index in [1.807, 2.05) is 42.5 Å². The number of carboxylic acid groups (broad SMARTS) is 1. The number of hydrogen-bond donors (Lipinski definition) is 3. The van der Waals surface area contributed by atoms with E-state index in [1.165, 1.54) is 0 Å². The summed E-state index contributed by atoms with van der Waals surface area (Å²) in [5.74, 6) is -0.846. The first-order chi connectivity index (χ1) is 12.1. The summed E-state index contributed by atoms with van der Waals surface area (Å²) in [6, 6.07) is 15.5. The number of anilines is 2. The molecule has 1 amide bonds. The Kier molecular flexibility index (Phi) is 7.01. The second-order valence-electron chi connectivity index (χ2n) is 6.02. The van der Waals surface area contributed by atoms with Gasteiger partial charge < -0.3 is 16.2 Å². The molecule has 0 unspecified atom stereocenters. The number of nitrogens with two attached hydrogens (primary N) is 1. The van der Waals surface area contributed by atoms with Crippen LogP contribution in [-0.4, -0.2) is 17.0 Å². The monoisotopic (exact) mass is 340 g/mol. The van der Waals surface area contributed by atoms with E-state index in [0.717, 1.165) is 30.4 Å². The minimum Gasteiger partial charge on any atom is -0.481 e. The number of aliphatic carboxylic acids is 1. The molecule has 0 aliphatic rings. The average molecular weight is 340 g/mol. The maximum absolute atomic E-state index is 12.1. The second kappa shape index (κ2) is 9.47. The van der Waals surface area contributed by atoms with Gasteiger partial charge in [-0.3, -0.25) is 9.59 Å². The first-order valence-electron chi connectivity index (χ1n) is 8.53. The van der Waals surface area contributed by atoms with Crippen LogP contribution in [0.5, 0.6) is 0 Å². The molecule has 0 aliphatic carbocycles. The summed E-state index contributed by atoms with van der Waals surface area (Å²) in [6.45, 7) is 0. The smallest absolute Gasteiger partial charge is 0.303 e. The predicted octanol–water partition coefficient (Wildman–Crippen LogP) is 4.30. The van der Waals surface area contributed by atoms with Gasteiger partial charge in [0.1, 0.15) is 0 Å². The topological polar surface area (TPSA) is 92.4 Å². The molecule has 0 atom stereocenters. The van der Waals surface area contributed by atoms with Crippen molar-refractivity contribution in [1.29, 1.82) is 0 Å². The second-order valence-corrected chi connectivity index (χ2v) is 6.02. The maximum atomic E-state index is 12.1. The summed E-state index contributed by atoms with van der Waals surface area (Å²) in [4.78, 5) is 22.5. The molecule has 5 nitrogen and oxygen atoms in total. The summed E-state index contributed by atoms with van der Waals surface area (Å²) < 4.78 is 0. The van der Waals surface area contributed by atoms with Gasteiger partial charge >= 0.3 is 5.97 Å². The zero-order valence-electron chi connectivity index (χ0n) is 14.2. The lowest BCUT2D eigenvalue weighted by Gasteiger charge is -2.11. The van der Waals surface area contributed by atoms with Crippen LogP contribution < -0.4 is 11.1 Å². The van der Waals surface area contributed by atoms with Gasteiger partial charge in [-0.15, -0.1) is 0 Å². The van der Waals surface area contributed by atoms with Crippen LogP contribution in [-0.2, 0) is 9.59 Å². The number of rotatable bonds is 9. The fourth-order valence-corrected chi connectivity index (χ4v) is 2.60. The van der Waals surface area contributed by atoms with Crippen LogP contribution >= 0.6 is 0 Å². The molecule has 2 aromatic carbocycles. The average Bonchev–Trinajstić information content (AvgIpc) is 2.60. The van der Waals surface area contributed by atoms with Crippen LogP contribution in [0.2, 0.25) is 0 Å². The summed E-state index contributed by atoms with van der Waals surface area (Å²) >= 11 is 0. The number of unbranched alkanes of at least 4 members (excludes halogenated alkanes) is 3. The lowest BCUT2D eigenvalue weighted by molar-refractivity contribution is -0.137. The molecule has 5 heteroatoms. The van der Waals surface area contributed by atoms with E-state index in [4.69, 9.17) is 10.8 Å². The van der Waals surface area contributed by atoms with Crippen molar-refractivity contribution in [3.8, 4) is 11.1 Å². The minimum absolute atomic E-state index is 0.0739. The summed E-state index contributed by atoms with van der Waals surface area (Å²) in [6.07, 6.45) is 3.66. The molecule has 132 valence electrons. The van der Waals surface area contributed by atoms with E-state index >= 15 is 0 Å². The lowest BCUT2D eigenvalue weighted by atomic mass is 10.0. The van der Waals surface area contributed by atoms with Crippen molar-refractivity contribution < 1.29 is 14.7 Å². The highest BCUT2D eigenvalue weighted by atomic mass is 16.4. The number of benzene rings is 2. The molecular formula is C20H24N2O3. The third-order valence-electron chi connectivity index (χ3n) is 3.98. The summed E-state index contributed by atoms with van der Waals surface area (Å²) in [5, 5.41) is 11.4. The molecule has 0 spiro atoms. The highest BCUT2D eigenvalue weighted by Gasteiger charge is 2.07. The van der Waals surface area contributed by atoms with Gasteiger partial charge in [0.15, 0.2) is 0 Å². The summed E-state index contributed by atoms with van der Waals surface area (Å²) in [7, 11) is 0. The molecule has 0 bridgehead atoms. The molecule has 4 N–H and O–H groups in total. The Balaban J connectivity index is 1.85. The SMILES string of the molecule is Nc1ccc(-c2ccccc2)cc1NC(=O)CCCCCCC(=O)O. The Bertz CT molecular complexity index is 714. The molecular weight excluding hydrogens is 316 g/mol. The number of hydrogen-bond acceptors (Lipinski definition) is 3. The van der Waals surface area contributed by atoms with Crippen molar-refractivity contribution in [1.82, 2.24) is 0 Å². The van der Waals surface area contributed by atoms with Crippen molar-refractivity contribution in [3.63, 3.8) is 0 Å². The zero-order chi connectivity index (χ0) is 18.1. The largest absolute Gasteiger partial charge is 0.481 e. The number of nitrogens with one attached hydrogen (secondary N) is 1. The van der Waals surface area contributed by atoms with E-state index in [1.54, 1.807) is 6.07 Å². The lowest BCUT2D eigenvalue weighted by Crippen LogP contribution is -2.12. The minimum atomic E-state index is -0.772. The molecule has 0 aliphatic heterocycles. The standard InChI is InChI=1S/C20H24N2O3/c21-17-13-12-16(15-8-4-3-5-9-15)14-18(17)22-19(23)10-6-1-2-7-11-20(24)25/h3-5,8-9,12-14H,1-2,6-7,10-11,21H2,(H,22,23)(H,24,25). The van der Waals surface area contributed by atoms with Gasteiger partial charge in [-0.25, -0.2) is 0 Å². The van der Waals surface area contributed by atoms with E-state index in [-0.39, 0.29) is 12.3 Å². The highest BCUT2D eigenvalue weighted by molar-refractivity contribution is 5.94. The van der Waals surface area contributed by atoms with Gasteiger partial charge in [0, 0.05) is 12.8 Å². The quantitative estimate of drug-likeness (QED) is 0.469. The van der Waals surface area contributed by atoms with Gasteiger partial charge in [-0.1, -0.05) is 49.2 Å². The Morgan fingerprint density at radius 2 is 1.56 bits per heavy atom. The number of amides is 1. The Morgan fingerprint density at radius 3 is 2.24 bits per heavy atom. The van der Waals surface area contributed by atoms with Gasteiger partial charge in [-0.05, 0) is 36.1 Å². The Labute approximate surface area is 147 Å². The van der Waals surface area contributed by atoms with Crippen molar-refractivity contribution >= 4 is 23.3 Å². The van der Waals surface area contributed by atoms with Crippen molar-refractivity contribution in [2.45, 2.75) is 38.5 Å². The first-order valence-corrected chi connectivity index (χ1v) is 8.53. The maximum Gasteiger partial charge on any atom is 0.303 e. The van der Waals surface area contributed by atoms with Crippen LogP contribution in [0.25, 0.3) is 11.1 Å². The number of carboxylic acids is 1. The molecule has 0 fully saturated rings. The molecule has 0 heterocycles. The van der Waals surface area contributed by atoms with E-state index < -0.39 is 5.97 Å². The van der Waals surface area contributed by atoms with Gasteiger partial charge in [0.2, 0.25) is 5.91 Å². The highest BCUT2D eigenvalue weighted by Crippen LogP contribution is 2.27. The molecule has 0 saturated carbocycles. The Morgan fingerprint density at radius 1 is 0.880 bits per heavy atom. The third kappa shape index (κ3) is 6.30. The van der Waals surface area contributed by atoms with Crippen LogP contribution in [0.4, 0.5) is 11.4 Å². The zero-order valence-corrected chi connectivity index (χ0v) is 14.2. The molecule has 2 rings (SSSR count). The van der Waals surface area contributed by atoms with Crippen molar-refractivity contribution in [3.05, 3.63) is 48.5 Å². The fourth-order valence-electron chi connectivity index (χ4n) is 2.60. The van der Waals surface area contributed by atoms with E-state index in [2.05, 4.69) is 5.32 Å². The predicted molar refractivity (Wildman–Crippen MR) is 100 cm³/mol. The molecule has 0 saturated heterocycles. The normalized spacial score (nSPS) is 10.4. The molecule has 0 aromatic heterocycles. The molecule has 25 heavy (non-hydrogen) atoms. The fraction of sp³-hybridized carbons (Fsp3) is 0.300. The number of nitrogen functional groups attached to an aromatic ring is 1. The van der Waals surface area contributed by atoms with Gasteiger partial charge in [0.05, 0.1) is 11.4 Å². The van der Waals surface area contributed by atoms with Crippen LogP contribution in [0, 0.1) is 0 Å². The number of carbonyl (C=O) groups excluding carboxylic acids is 1. The first kappa shape index (κ1) is 18.5. The van der Waals surface area contributed by atoms with Crippen LogP contribution in [0.15, 0.2) is 48.5 Å². The third-order valence-corrected chi connectivity index (χ3v) is 3.98. The van der Waals surface area contributed by atoms with Crippen molar-refractivity contribution in [2.75, 3.05) is 11.1 Å². The summed E-state index contributed by atoms with van der Waals surface area (Å²) in [5.41, 5.74) is 9.19. The van der Waals surface area contributed by atoms with Crippen LogP contribution in [0.3, 0.4) is 0 Å². The van der Waals surface area contributed by atoms with Gasteiger partial charge in [0.25, 0.3) is 0 Å². The van der Waals surface area contributed by atoms with Gasteiger partial charge in [-0.2, -0.15) is 0 Å². The number of carbonyl (C=O) groups is 2. The van der Waals surface area contributed by atoms with Crippen molar-refractivity contribution in [2.24, 2.45) is 0 Å². The Hall–Kier alpha value is -2.82. The molecule has 2 aromatic rings. The molecule has 0 radical (unpaired) electrons. The van der Waals surface area contributed by atoms with Crippen LogP contribution in [0.1, 0.15) is 38.5 Å².